The molecule has 2 nitrogen and oxygen atoms in total. The second kappa shape index (κ2) is 3.62. The van der Waals surface area contributed by atoms with Crippen LogP contribution < -0.4 is 4.74 Å². The molecule has 1 heterocycles. The molecule has 1 aliphatic rings. The van der Waals surface area contributed by atoms with Crippen LogP contribution in [0.3, 0.4) is 0 Å². The number of epoxide rings is 1. The Morgan fingerprint density at radius 1 is 1.46 bits per heavy atom. The predicted octanol–water partition coefficient (Wildman–Crippen LogP) is 2.11. The SMILES string of the molecule is COc1ccccc1/C=C/[C@@H]1CO1. The fraction of sp³-hybridized carbons (Fsp3) is 0.273. The lowest BCUT2D eigenvalue weighted by molar-refractivity contribution is 0.413. The first-order chi connectivity index (χ1) is 6.40. The topological polar surface area (TPSA) is 21.8 Å². The monoisotopic (exact) mass is 176 g/mol. The number of rotatable bonds is 3. The summed E-state index contributed by atoms with van der Waals surface area (Å²) in [5, 5.41) is 0. The van der Waals surface area contributed by atoms with Crippen molar-refractivity contribution in [3.05, 3.63) is 35.9 Å². The first-order valence-corrected chi connectivity index (χ1v) is 4.33. The Morgan fingerprint density at radius 3 is 2.92 bits per heavy atom. The van der Waals surface area contributed by atoms with E-state index in [0.717, 1.165) is 17.9 Å². The van der Waals surface area contributed by atoms with Crippen molar-refractivity contribution >= 4 is 6.08 Å². The average molecular weight is 176 g/mol. The fourth-order valence-electron chi connectivity index (χ4n) is 1.18. The second-order valence-electron chi connectivity index (χ2n) is 2.97. The standard InChI is InChI=1S/C11H12O2/c1-12-11-5-3-2-4-9(11)6-7-10-8-13-10/h2-7,10H,8H2,1H3/b7-6+/t10-/m1/s1. The van der Waals surface area contributed by atoms with Crippen molar-refractivity contribution in [1.29, 1.82) is 0 Å². The van der Waals surface area contributed by atoms with Gasteiger partial charge in [-0.05, 0) is 6.07 Å². The molecule has 0 amide bonds. The van der Waals surface area contributed by atoms with Gasteiger partial charge in [-0.1, -0.05) is 30.4 Å². The molecule has 68 valence electrons. The lowest BCUT2D eigenvalue weighted by Gasteiger charge is -2.02. The first-order valence-electron chi connectivity index (χ1n) is 4.33. The van der Waals surface area contributed by atoms with Gasteiger partial charge < -0.3 is 9.47 Å². The van der Waals surface area contributed by atoms with Crippen LogP contribution in [0.4, 0.5) is 0 Å². The van der Waals surface area contributed by atoms with Gasteiger partial charge in [0.15, 0.2) is 0 Å². The van der Waals surface area contributed by atoms with Gasteiger partial charge in [0.25, 0.3) is 0 Å². The van der Waals surface area contributed by atoms with Crippen LogP contribution in [-0.4, -0.2) is 19.8 Å². The van der Waals surface area contributed by atoms with Crippen LogP contribution in [0.25, 0.3) is 6.08 Å². The van der Waals surface area contributed by atoms with Crippen molar-refractivity contribution < 1.29 is 9.47 Å². The van der Waals surface area contributed by atoms with E-state index in [1.807, 2.05) is 30.3 Å². The van der Waals surface area contributed by atoms with E-state index in [9.17, 15) is 0 Å². The molecule has 2 heteroatoms. The summed E-state index contributed by atoms with van der Waals surface area (Å²) in [5.74, 6) is 0.902. The van der Waals surface area contributed by atoms with Gasteiger partial charge in [0.2, 0.25) is 0 Å². The van der Waals surface area contributed by atoms with Crippen LogP contribution in [0.5, 0.6) is 5.75 Å². The molecule has 1 fully saturated rings. The molecule has 1 saturated heterocycles. The summed E-state index contributed by atoms with van der Waals surface area (Å²) in [4.78, 5) is 0. The normalized spacial score (nSPS) is 20.5. The van der Waals surface area contributed by atoms with Gasteiger partial charge in [0.05, 0.1) is 19.8 Å². The van der Waals surface area contributed by atoms with E-state index >= 15 is 0 Å². The Labute approximate surface area is 77.8 Å². The van der Waals surface area contributed by atoms with Gasteiger partial charge in [0.1, 0.15) is 5.75 Å². The highest BCUT2D eigenvalue weighted by Gasteiger charge is 2.17. The number of hydrogen-bond acceptors (Lipinski definition) is 2. The summed E-state index contributed by atoms with van der Waals surface area (Å²) in [6, 6.07) is 7.94. The zero-order valence-electron chi connectivity index (χ0n) is 7.57. The highest BCUT2D eigenvalue weighted by atomic mass is 16.6. The van der Waals surface area contributed by atoms with E-state index in [-0.39, 0.29) is 0 Å². The molecular weight excluding hydrogens is 164 g/mol. The first kappa shape index (κ1) is 8.32. The molecule has 0 N–H and O–H groups in total. The lowest BCUT2D eigenvalue weighted by atomic mass is 10.2. The maximum absolute atomic E-state index is 5.21. The Hall–Kier alpha value is -1.28. The third-order valence-electron chi connectivity index (χ3n) is 1.99. The summed E-state index contributed by atoms with van der Waals surface area (Å²) in [6.45, 7) is 0.853. The van der Waals surface area contributed by atoms with Crippen molar-refractivity contribution in [2.45, 2.75) is 6.10 Å². The van der Waals surface area contributed by atoms with Gasteiger partial charge in [0, 0.05) is 5.56 Å². The maximum Gasteiger partial charge on any atom is 0.126 e. The summed E-state index contributed by atoms with van der Waals surface area (Å²) >= 11 is 0. The Kier molecular flexibility index (Phi) is 2.32. The lowest BCUT2D eigenvalue weighted by Crippen LogP contribution is -1.86. The Bertz CT molecular complexity index is 314. The van der Waals surface area contributed by atoms with E-state index in [1.54, 1.807) is 7.11 Å². The average Bonchev–Trinajstić information content (AvgIpc) is 2.99. The quantitative estimate of drug-likeness (QED) is 0.658. The van der Waals surface area contributed by atoms with Crippen molar-refractivity contribution in [3.63, 3.8) is 0 Å². The summed E-state index contributed by atoms with van der Waals surface area (Å²) in [7, 11) is 1.68. The molecular formula is C11H12O2. The van der Waals surface area contributed by atoms with Gasteiger partial charge >= 0.3 is 0 Å². The number of methoxy groups -OCH3 is 1. The summed E-state index contributed by atoms with van der Waals surface area (Å²) < 4.78 is 10.3. The van der Waals surface area contributed by atoms with Crippen molar-refractivity contribution in [2.24, 2.45) is 0 Å². The smallest absolute Gasteiger partial charge is 0.126 e. The van der Waals surface area contributed by atoms with E-state index in [2.05, 4.69) is 6.08 Å². The van der Waals surface area contributed by atoms with E-state index < -0.39 is 0 Å². The van der Waals surface area contributed by atoms with Crippen LogP contribution in [0.1, 0.15) is 5.56 Å². The van der Waals surface area contributed by atoms with Crippen molar-refractivity contribution in [1.82, 2.24) is 0 Å². The molecule has 13 heavy (non-hydrogen) atoms. The minimum Gasteiger partial charge on any atom is -0.496 e. The number of benzene rings is 1. The van der Waals surface area contributed by atoms with Gasteiger partial charge in [-0.15, -0.1) is 0 Å². The minimum atomic E-state index is 0.324. The maximum atomic E-state index is 5.21. The highest BCUT2D eigenvalue weighted by molar-refractivity contribution is 5.57. The minimum absolute atomic E-state index is 0.324. The molecule has 1 aromatic rings. The molecule has 0 unspecified atom stereocenters. The van der Waals surface area contributed by atoms with E-state index in [4.69, 9.17) is 9.47 Å². The molecule has 0 aliphatic carbocycles. The summed E-state index contributed by atoms with van der Waals surface area (Å²) in [5.41, 5.74) is 1.10. The highest BCUT2D eigenvalue weighted by Crippen LogP contribution is 2.20. The molecule has 0 bridgehead atoms. The second-order valence-corrected chi connectivity index (χ2v) is 2.97. The Morgan fingerprint density at radius 2 is 2.23 bits per heavy atom. The summed E-state index contributed by atoms with van der Waals surface area (Å²) in [6.07, 6.45) is 4.42. The molecule has 0 saturated carbocycles. The van der Waals surface area contributed by atoms with Crippen LogP contribution in [0.2, 0.25) is 0 Å². The van der Waals surface area contributed by atoms with E-state index in [0.29, 0.717) is 6.10 Å². The van der Waals surface area contributed by atoms with Gasteiger partial charge in [-0.3, -0.25) is 0 Å². The molecule has 1 atom stereocenters. The predicted molar refractivity (Wildman–Crippen MR) is 51.8 cm³/mol. The fourth-order valence-corrected chi connectivity index (χ4v) is 1.18. The van der Waals surface area contributed by atoms with Crippen molar-refractivity contribution in [3.8, 4) is 5.75 Å². The largest absolute Gasteiger partial charge is 0.496 e. The zero-order chi connectivity index (χ0) is 9.10. The molecule has 1 aliphatic heterocycles. The van der Waals surface area contributed by atoms with Crippen LogP contribution >= 0.6 is 0 Å². The van der Waals surface area contributed by atoms with Crippen LogP contribution in [0, 0.1) is 0 Å². The third-order valence-corrected chi connectivity index (χ3v) is 1.99. The third kappa shape index (κ3) is 2.10. The molecule has 0 radical (unpaired) electrons. The number of hydrogen-bond donors (Lipinski definition) is 0. The number of ether oxygens (including phenoxy) is 2. The van der Waals surface area contributed by atoms with Gasteiger partial charge in [-0.25, -0.2) is 0 Å². The molecule has 0 spiro atoms. The Balaban J connectivity index is 2.17. The van der Waals surface area contributed by atoms with Crippen LogP contribution in [0.15, 0.2) is 30.3 Å². The molecule has 0 aromatic heterocycles. The van der Waals surface area contributed by atoms with Crippen molar-refractivity contribution in [2.75, 3.05) is 13.7 Å². The van der Waals surface area contributed by atoms with E-state index in [1.165, 1.54) is 0 Å². The molecule has 2 rings (SSSR count). The van der Waals surface area contributed by atoms with Crippen LogP contribution in [-0.2, 0) is 4.74 Å². The zero-order valence-corrected chi connectivity index (χ0v) is 7.57. The molecule has 1 aromatic carbocycles. The number of para-hydroxylation sites is 1. The van der Waals surface area contributed by atoms with Gasteiger partial charge in [-0.2, -0.15) is 0 Å².